The molecule has 0 amide bonds. The summed E-state index contributed by atoms with van der Waals surface area (Å²) in [5, 5.41) is 4.32. The van der Waals surface area contributed by atoms with Crippen LogP contribution >= 0.6 is 11.3 Å². The van der Waals surface area contributed by atoms with Gasteiger partial charge in [-0.05, 0) is 82.3 Å². The molecule has 0 spiro atoms. The van der Waals surface area contributed by atoms with E-state index < -0.39 is 0 Å². The van der Waals surface area contributed by atoms with Crippen LogP contribution < -0.4 is 0 Å². The normalized spacial score (nSPS) is 10.7. The molecule has 0 bridgehead atoms. The van der Waals surface area contributed by atoms with Crippen LogP contribution in [0, 0.1) is 26.2 Å². The number of nitrogens with zero attached hydrogens (tertiary/aromatic N) is 2. The molecular formula is C26H22N2S. The van der Waals surface area contributed by atoms with E-state index in [2.05, 4.69) is 53.7 Å². The lowest BCUT2D eigenvalue weighted by molar-refractivity contribution is 0.912. The number of benzene rings is 2. The van der Waals surface area contributed by atoms with Crippen molar-refractivity contribution in [3.05, 3.63) is 105 Å². The molecule has 2 aromatic carbocycles. The van der Waals surface area contributed by atoms with Gasteiger partial charge in [0.25, 0.3) is 0 Å². The highest BCUT2D eigenvalue weighted by molar-refractivity contribution is 7.08. The van der Waals surface area contributed by atoms with E-state index in [9.17, 15) is 0 Å². The number of rotatable bonds is 5. The van der Waals surface area contributed by atoms with Crippen molar-refractivity contribution in [2.75, 3.05) is 0 Å². The van der Waals surface area contributed by atoms with Gasteiger partial charge in [-0.2, -0.15) is 11.3 Å². The van der Waals surface area contributed by atoms with Gasteiger partial charge < -0.3 is 0 Å². The van der Waals surface area contributed by atoms with Crippen molar-refractivity contribution < 1.29 is 0 Å². The second-order valence-corrected chi connectivity index (χ2v) is 8.04. The van der Waals surface area contributed by atoms with Gasteiger partial charge in [0.05, 0.1) is 0 Å². The summed E-state index contributed by atoms with van der Waals surface area (Å²) in [7, 11) is 0. The fraction of sp³-hybridized carbons (Fsp3) is 0.154. The highest BCUT2D eigenvalue weighted by Gasteiger charge is 2.10. The van der Waals surface area contributed by atoms with Gasteiger partial charge in [0.2, 0.25) is 0 Å². The van der Waals surface area contributed by atoms with Crippen LogP contribution in [0.3, 0.4) is 0 Å². The van der Waals surface area contributed by atoms with E-state index in [-0.39, 0.29) is 0 Å². The lowest BCUT2D eigenvalue weighted by Crippen LogP contribution is -2.03. The monoisotopic (exact) mass is 394 g/mol. The molecule has 4 aromatic rings. The molecule has 0 N–H and O–H groups in total. The number of aromatic nitrogens is 2. The van der Waals surface area contributed by atoms with Crippen molar-refractivity contribution in [3.8, 4) is 23.5 Å². The predicted octanol–water partition coefficient (Wildman–Crippen LogP) is 5.98. The minimum absolute atomic E-state index is 0.702. The summed E-state index contributed by atoms with van der Waals surface area (Å²) < 4.78 is 0. The first kappa shape index (κ1) is 19.1. The average Bonchev–Trinajstić information content (AvgIpc) is 3.26. The Morgan fingerprint density at radius 3 is 2.34 bits per heavy atom. The van der Waals surface area contributed by atoms with Gasteiger partial charge in [-0.1, -0.05) is 30.2 Å². The largest absolute Gasteiger partial charge is 0.241 e. The maximum absolute atomic E-state index is 5.43. The zero-order valence-corrected chi connectivity index (χ0v) is 17.5. The third kappa shape index (κ3) is 4.45. The average molecular weight is 395 g/mol. The number of terminal acetylenes is 1. The maximum atomic E-state index is 5.43. The molecule has 0 radical (unpaired) electrons. The fourth-order valence-corrected chi connectivity index (χ4v) is 4.24. The molecule has 0 atom stereocenters. The molecule has 2 nitrogen and oxygen atoms in total. The molecule has 0 aliphatic rings. The summed E-state index contributed by atoms with van der Waals surface area (Å²) in [6.07, 6.45) is 8.81. The Morgan fingerprint density at radius 2 is 1.69 bits per heavy atom. The van der Waals surface area contributed by atoms with Crippen LogP contribution in [-0.2, 0) is 12.8 Å². The second-order valence-electron chi connectivity index (χ2n) is 7.26. The van der Waals surface area contributed by atoms with Crippen molar-refractivity contribution in [2.24, 2.45) is 0 Å². The molecule has 2 heterocycles. The summed E-state index contributed by atoms with van der Waals surface area (Å²) in [5.41, 5.74) is 9.61. The van der Waals surface area contributed by atoms with Crippen molar-refractivity contribution in [2.45, 2.75) is 26.7 Å². The summed E-state index contributed by atoms with van der Waals surface area (Å²) >= 11 is 1.73. The highest BCUT2D eigenvalue weighted by Crippen LogP contribution is 2.28. The molecule has 3 heteroatoms. The van der Waals surface area contributed by atoms with Gasteiger partial charge in [-0.3, -0.25) is 0 Å². The van der Waals surface area contributed by atoms with E-state index >= 15 is 0 Å². The number of hydrogen-bond acceptors (Lipinski definition) is 3. The van der Waals surface area contributed by atoms with Gasteiger partial charge >= 0.3 is 0 Å². The lowest BCUT2D eigenvalue weighted by Gasteiger charge is -2.13. The lowest BCUT2D eigenvalue weighted by atomic mass is 9.94. The van der Waals surface area contributed by atoms with Crippen molar-refractivity contribution >= 4 is 11.3 Å². The summed E-state index contributed by atoms with van der Waals surface area (Å²) in [6.45, 7) is 4.38. The number of thiophene rings is 1. The minimum Gasteiger partial charge on any atom is -0.241 e. The second kappa shape index (κ2) is 8.43. The summed E-state index contributed by atoms with van der Waals surface area (Å²) in [5.74, 6) is 3.48. The Kier molecular flexibility index (Phi) is 5.55. The molecule has 0 aliphatic carbocycles. The number of aryl methyl sites for hydroxylation is 2. The first-order valence-corrected chi connectivity index (χ1v) is 10.6. The Hall–Kier alpha value is -3.22. The van der Waals surface area contributed by atoms with Gasteiger partial charge in [-0.15, -0.1) is 6.42 Å². The Balaban J connectivity index is 1.55. The highest BCUT2D eigenvalue weighted by atomic mass is 32.1. The predicted molar refractivity (Wildman–Crippen MR) is 121 cm³/mol. The zero-order chi connectivity index (χ0) is 20.2. The van der Waals surface area contributed by atoms with Gasteiger partial charge in [0.1, 0.15) is 5.82 Å². The van der Waals surface area contributed by atoms with Gasteiger partial charge in [0.15, 0.2) is 0 Å². The minimum atomic E-state index is 0.702. The molecule has 29 heavy (non-hydrogen) atoms. The van der Waals surface area contributed by atoms with Crippen LogP contribution in [0.1, 0.15) is 39.3 Å². The van der Waals surface area contributed by atoms with Gasteiger partial charge in [0, 0.05) is 30.3 Å². The van der Waals surface area contributed by atoms with E-state index in [0.29, 0.717) is 6.42 Å². The van der Waals surface area contributed by atoms with Crippen LogP contribution in [0.25, 0.3) is 11.1 Å². The van der Waals surface area contributed by atoms with Crippen molar-refractivity contribution in [3.63, 3.8) is 0 Å². The van der Waals surface area contributed by atoms with Crippen molar-refractivity contribution in [1.29, 1.82) is 0 Å². The fourth-order valence-electron chi connectivity index (χ4n) is 3.58. The maximum Gasteiger partial charge on any atom is 0.132 e. The van der Waals surface area contributed by atoms with Crippen LogP contribution in [0.4, 0.5) is 0 Å². The first-order chi connectivity index (χ1) is 14.1. The van der Waals surface area contributed by atoms with E-state index in [1.807, 2.05) is 36.5 Å². The number of hydrogen-bond donors (Lipinski definition) is 0. The molecule has 2 aromatic heterocycles. The topological polar surface area (TPSA) is 25.8 Å². The first-order valence-electron chi connectivity index (χ1n) is 9.61. The van der Waals surface area contributed by atoms with E-state index in [1.165, 1.54) is 27.8 Å². The van der Waals surface area contributed by atoms with Crippen LogP contribution in [-0.4, -0.2) is 9.97 Å². The van der Waals surface area contributed by atoms with Crippen LogP contribution in [0.15, 0.2) is 65.5 Å². The quantitative estimate of drug-likeness (QED) is 0.389. The summed E-state index contributed by atoms with van der Waals surface area (Å²) in [6, 6.07) is 16.7. The Morgan fingerprint density at radius 1 is 0.931 bits per heavy atom. The molecule has 142 valence electrons. The van der Waals surface area contributed by atoms with Crippen LogP contribution in [0.5, 0.6) is 0 Å². The van der Waals surface area contributed by atoms with E-state index in [4.69, 9.17) is 11.4 Å². The van der Waals surface area contributed by atoms with Crippen molar-refractivity contribution in [1.82, 2.24) is 9.97 Å². The summed E-state index contributed by atoms with van der Waals surface area (Å²) in [4.78, 5) is 9.27. The SMILES string of the molecule is C#Cc1ccc(Cc2nccc(Cc3c(C)cc(-c4ccsc4)cc3C)n2)cc1. The van der Waals surface area contributed by atoms with Gasteiger partial charge in [-0.25, -0.2) is 9.97 Å². The smallest absolute Gasteiger partial charge is 0.132 e. The third-order valence-electron chi connectivity index (χ3n) is 5.15. The van der Waals surface area contributed by atoms with E-state index in [0.717, 1.165) is 29.1 Å². The third-order valence-corrected chi connectivity index (χ3v) is 5.84. The molecule has 0 saturated carbocycles. The molecule has 0 saturated heterocycles. The molecule has 4 rings (SSSR count). The zero-order valence-electron chi connectivity index (χ0n) is 16.6. The van der Waals surface area contributed by atoms with E-state index in [1.54, 1.807) is 11.3 Å². The molecule has 0 aliphatic heterocycles. The standard InChI is InChI=1S/C26H22N2S/c1-4-20-5-7-21(8-6-20)15-26-27-11-9-24(28-26)16-25-18(2)13-23(14-19(25)3)22-10-12-29-17-22/h1,5-14,17H,15-16H2,2-3H3. The molecule has 0 fully saturated rings. The Bertz CT molecular complexity index is 1140. The molecule has 0 unspecified atom stereocenters. The Labute approximate surface area is 176 Å². The van der Waals surface area contributed by atoms with Crippen LogP contribution in [0.2, 0.25) is 0 Å². The molecular weight excluding hydrogens is 372 g/mol.